The van der Waals surface area contributed by atoms with Gasteiger partial charge in [0.15, 0.2) is 0 Å². The summed E-state index contributed by atoms with van der Waals surface area (Å²) in [5.41, 5.74) is 1.82. The summed E-state index contributed by atoms with van der Waals surface area (Å²) < 4.78 is 0. The van der Waals surface area contributed by atoms with E-state index in [9.17, 15) is 14.8 Å². The highest BCUT2D eigenvalue weighted by molar-refractivity contribution is 6.00. The van der Waals surface area contributed by atoms with Crippen LogP contribution >= 0.6 is 0 Å². The Morgan fingerprint density at radius 2 is 1.92 bits per heavy atom. The number of carboxylic acids is 1. The number of benzene rings is 1. The first-order chi connectivity index (χ1) is 11.2. The van der Waals surface area contributed by atoms with Crippen molar-refractivity contribution in [1.29, 1.82) is 0 Å². The number of rotatable bonds is 5. The average molecular weight is 328 g/mol. The van der Waals surface area contributed by atoms with Crippen LogP contribution in [0.2, 0.25) is 0 Å². The molecule has 2 rings (SSSR count). The molecule has 0 bridgehead atoms. The molecular weight excluding hydrogens is 308 g/mol. The van der Waals surface area contributed by atoms with Gasteiger partial charge < -0.3 is 15.7 Å². The maximum Gasteiger partial charge on any atom is 0.341 e. The van der Waals surface area contributed by atoms with E-state index in [1.165, 1.54) is 6.20 Å². The Hall–Kier alpha value is -2.96. The minimum atomic E-state index is -1.10. The SMILES string of the molecule is Cc1ccc(N=O)cc1Nc1ccnc(NC(C)(C)C)c1C(=O)O. The second kappa shape index (κ2) is 6.66. The van der Waals surface area contributed by atoms with Crippen molar-refractivity contribution in [2.75, 3.05) is 10.6 Å². The molecular formula is C17H20N4O3. The largest absolute Gasteiger partial charge is 0.477 e. The number of pyridine rings is 1. The van der Waals surface area contributed by atoms with Gasteiger partial charge in [-0.1, -0.05) is 6.07 Å². The normalized spacial score (nSPS) is 11.0. The van der Waals surface area contributed by atoms with Crippen LogP contribution in [0.1, 0.15) is 36.7 Å². The number of carboxylic acid groups (broad SMARTS) is 1. The zero-order valence-corrected chi connectivity index (χ0v) is 14.0. The number of anilines is 3. The van der Waals surface area contributed by atoms with Crippen molar-refractivity contribution in [3.8, 4) is 0 Å². The summed E-state index contributed by atoms with van der Waals surface area (Å²) in [6, 6.07) is 6.50. The number of nitroso groups, excluding NO2 is 1. The van der Waals surface area contributed by atoms with Gasteiger partial charge in [0.25, 0.3) is 0 Å². The van der Waals surface area contributed by atoms with Crippen molar-refractivity contribution >= 4 is 28.8 Å². The Bertz CT molecular complexity index is 782. The third-order valence-electron chi connectivity index (χ3n) is 3.25. The summed E-state index contributed by atoms with van der Waals surface area (Å²) in [7, 11) is 0. The minimum absolute atomic E-state index is 0.0382. The monoisotopic (exact) mass is 328 g/mol. The zero-order chi connectivity index (χ0) is 17.9. The molecule has 24 heavy (non-hydrogen) atoms. The summed E-state index contributed by atoms with van der Waals surface area (Å²) in [6.07, 6.45) is 1.53. The number of aryl methyl sites for hydroxylation is 1. The molecule has 0 amide bonds. The van der Waals surface area contributed by atoms with Crippen LogP contribution < -0.4 is 10.6 Å². The van der Waals surface area contributed by atoms with Crippen molar-refractivity contribution in [2.24, 2.45) is 5.18 Å². The van der Waals surface area contributed by atoms with E-state index in [2.05, 4.69) is 20.8 Å². The van der Waals surface area contributed by atoms with Gasteiger partial charge in [-0.05, 0) is 56.6 Å². The summed E-state index contributed by atoms with van der Waals surface area (Å²) in [6.45, 7) is 7.62. The molecule has 1 aromatic carbocycles. The molecule has 0 saturated carbocycles. The average Bonchev–Trinajstić information content (AvgIpc) is 2.47. The van der Waals surface area contributed by atoms with Crippen molar-refractivity contribution in [1.82, 2.24) is 4.98 Å². The van der Waals surface area contributed by atoms with Crippen LogP contribution in [0.25, 0.3) is 0 Å². The van der Waals surface area contributed by atoms with Crippen LogP contribution in [0.3, 0.4) is 0 Å². The summed E-state index contributed by atoms with van der Waals surface area (Å²) in [5.74, 6) is -0.818. The number of aromatic carboxylic acids is 1. The predicted molar refractivity (Wildman–Crippen MR) is 94.5 cm³/mol. The van der Waals surface area contributed by atoms with Gasteiger partial charge in [-0.2, -0.15) is 0 Å². The highest BCUT2D eigenvalue weighted by atomic mass is 16.4. The Balaban J connectivity index is 2.49. The first-order valence-electron chi connectivity index (χ1n) is 7.43. The lowest BCUT2D eigenvalue weighted by molar-refractivity contribution is 0.0698. The van der Waals surface area contributed by atoms with Crippen molar-refractivity contribution in [3.63, 3.8) is 0 Å². The molecule has 0 atom stereocenters. The second-order valence-electron chi connectivity index (χ2n) is 6.48. The number of carbonyl (C=O) groups is 1. The van der Waals surface area contributed by atoms with Crippen molar-refractivity contribution in [3.05, 3.63) is 46.5 Å². The van der Waals surface area contributed by atoms with Gasteiger partial charge >= 0.3 is 5.97 Å². The minimum Gasteiger partial charge on any atom is -0.477 e. The van der Waals surface area contributed by atoms with E-state index < -0.39 is 5.97 Å². The first-order valence-corrected chi connectivity index (χ1v) is 7.43. The molecule has 0 unspecified atom stereocenters. The lowest BCUT2D eigenvalue weighted by Gasteiger charge is -2.23. The summed E-state index contributed by atoms with van der Waals surface area (Å²) >= 11 is 0. The Labute approximate surface area is 140 Å². The van der Waals surface area contributed by atoms with Crippen LogP contribution in [-0.4, -0.2) is 21.6 Å². The molecule has 126 valence electrons. The fourth-order valence-electron chi connectivity index (χ4n) is 2.18. The molecule has 7 nitrogen and oxygen atoms in total. The third kappa shape index (κ3) is 4.07. The second-order valence-corrected chi connectivity index (χ2v) is 6.48. The fourth-order valence-corrected chi connectivity index (χ4v) is 2.18. The quantitative estimate of drug-likeness (QED) is 0.701. The number of hydrogen-bond acceptors (Lipinski definition) is 6. The van der Waals surface area contributed by atoms with E-state index in [1.807, 2.05) is 27.7 Å². The van der Waals surface area contributed by atoms with E-state index in [4.69, 9.17) is 0 Å². The van der Waals surface area contributed by atoms with Crippen molar-refractivity contribution < 1.29 is 9.90 Å². The summed E-state index contributed by atoms with van der Waals surface area (Å²) in [5, 5.41) is 18.7. The molecule has 0 saturated heterocycles. The molecule has 1 aromatic heterocycles. The number of nitrogens with zero attached hydrogens (tertiary/aromatic N) is 2. The molecule has 0 radical (unpaired) electrons. The summed E-state index contributed by atoms with van der Waals surface area (Å²) in [4.78, 5) is 26.6. The van der Waals surface area contributed by atoms with Gasteiger partial charge in [-0.25, -0.2) is 9.78 Å². The molecule has 0 aliphatic carbocycles. The topological polar surface area (TPSA) is 104 Å². The Kier molecular flexibility index (Phi) is 4.82. The molecule has 0 aliphatic heterocycles. The van der Waals surface area contributed by atoms with E-state index in [-0.39, 0.29) is 22.6 Å². The van der Waals surface area contributed by atoms with Crippen LogP contribution in [-0.2, 0) is 0 Å². The molecule has 1 heterocycles. The van der Waals surface area contributed by atoms with Crippen LogP contribution in [0, 0.1) is 11.8 Å². The van der Waals surface area contributed by atoms with Gasteiger partial charge in [-0.3, -0.25) is 0 Å². The Morgan fingerprint density at radius 3 is 2.50 bits per heavy atom. The Morgan fingerprint density at radius 1 is 1.21 bits per heavy atom. The van der Waals surface area contributed by atoms with Crippen LogP contribution in [0.15, 0.2) is 35.6 Å². The number of hydrogen-bond donors (Lipinski definition) is 3. The predicted octanol–water partition coefficient (Wildman–Crippen LogP) is 4.44. The van der Waals surface area contributed by atoms with Gasteiger partial charge in [0, 0.05) is 17.4 Å². The van der Waals surface area contributed by atoms with Crippen LogP contribution in [0.5, 0.6) is 0 Å². The van der Waals surface area contributed by atoms with E-state index in [0.717, 1.165) is 5.56 Å². The lowest BCUT2D eigenvalue weighted by atomic mass is 10.1. The standard InChI is InChI=1S/C17H20N4O3/c1-10-5-6-11(21-24)9-13(10)19-12-7-8-18-15(14(12)16(22)23)20-17(2,3)4/h5-9H,1-4H3,(H,22,23)(H2,18,19,20). The number of aromatic nitrogens is 1. The number of nitrogens with one attached hydrogen (secondary N) is 2. The van der Waals surface area contributed by atoms with E-state index in [1.54, 1.807) is 24.3 Å². The molecule has 0 spiro atoms. The fraction of sp³-hybridized carbons (Fsp3) is 0.294. The molecule has 0 fully saturated rings. The van der Waals surface area contributed by atoms with Gasteiger partial charge in [0.1, 0.15) is 17.1 Å². The van der Waals surface area contributed by atoms with Crippen molar-refractivity contribution in [2.45, 2.75) is 33.2 Å². The zero-order valence-electron chi connectivity index (χ0n) is 14.0. The van der Waals surface area contributed by atoms with Gasteiger partial charge in [0.2, 0.25) is 0 Å². The van der Waals surface area contributed by atoms with Crippen LogP contribution in [0.4, 0.5) is 22.9 Å². The molecule has 3 N–H and O–H groups in total. The van der Waals surface area contributed by atoms with E-state index >= 15 is 0 Å². The van der Waals surface area contributed by atoms with E-state index in [0.29, 0.717) is 11.4 Å². The highest BCUT2D eigenvalue weighted by Crippen LogP contribution is 2.30. The molecule has 2 aromatic rings. The smallest absolute Gasteiger partial charge is 0.341 e. The van der Waals surface area contributed by atoms with Gasteiger partial charge in [-0.15, -0.1) is 4.91 Å². The molecule has 7 heteroatoms. The van der Waals surface area contributed by atoms with Gasteiger partial charge in [0.05, 0.1) is 5.69 Å². The maximum atomic E-state index is 11.7. The molecule has 0 aliphatic rings. The first kappa shape index (κ1) is 17.4. The third-order valence-corrected chi connectivity index (χ3v) is 3.25. The highest BCUT2D eigenvalue weighted by Gasteiger charge is 2.21. The lowest BCUT2D eigenvalue weighted by Crippen LogP contribution is -2.28. The maximum absolute atomic E-state index is 11.7.